The van der Waals surface area contributed by atoms with Gasteiger partial charge in [0.05, 0.1) is 11.4 Å². The summed E-state index contributed by atoms with van der Waals surface area (Å²) < 4.78 is 0. The van der Waals surface area contributed by atoms with E-state index in [4.69, 9.17) is 11.6 Å². The van der Waals surface area contributed by atoms with E-state index in [2.05, 4.69) is 36.0 Å². The fourth-order valence-electron chi connectivity index (χ4n) is 1.24. The highest BCUT2D eigenvalue weighted by Crippen LogP contribution is 2.18. The van der Waals surface area contributed by atoms with Crippen molar-refractivity contribution in [2.24, 2.45) is 5.92 Å². The number of rotatable bonds is 6. The summed E-state index contributed by atoms with van der Waals surface area (Å²) >= 11 is 7.39. The summed E-state index contributed by atoms with van der Waals surface area (Å²) in [6.07, 6.45) is 1.81. The van der Waals surface area contributed by atoms with Crippen LogP contribution in [-0.4, -0.2) is 26.8 Å². The number of alkyl halides is 1. The maximum atomic E-state index is 5.75. The summed E-state index contributed by atoms with van der Waals surface area (Å²) in [4.78, 5) is 4.51. The van der Waals surface area contributed by atoms with E-state index in [0.29, 0.717) is 11.8 Å². The smallest absolute Gasteiger partial charge is 0.209 e. The van der Waals surface area contributed by atoms with Gasteiger partial charge in [0.2, 0.25) is 5.16 Å². The van der Waals surface area contributed by atoms with Crippen LogP contribution in [-0.2, 0) is 12.8 Å². The lowest BCUT2D eigenvalue weighted by Crippen LogP contribution is -2.05. The van der Waals surface area contributed by atoms with Gasteiger partial charge in [0.15, 0.2) is 0 Å². The van der Waals surface area contributed by atoms with Crippen LogP contribution in [0.4, 0.5) is 0 Å². The maximum absolute atomic E-state index is 5.75. The Morgan fingerprint density at radius 3 is 2.44 bits per heavy atom. The molecule has 5 heteroatoms. The number of halogens is 1. The van der Waals surface area contributed by atoms with Gasteiger partial charge in [0, 0.05) is 11.6 Å². The van der Waals surface area contributed by atoms with Crippen LogP contribution >= 0.6 is 23.4 Å². The first-order valence-electron chi connectivity index (χ1n) is 5.62. The quantitative estimate of drug-likeness (QED) is 0.582. The van der Waals surface area contributed by atoms with Crippen LogP contribution in [0, 0.1) is 5.92 Å². The van der Waals surface area contributed by atoms with Crippen molar-refractivity contribution in [1.29, 1.82) is 0 Å². The molecule has 1 atom stereocenters. The maximum Gasteiger partial charge on any atom is 0.209 e. The molecular formula is C11H18ClN3S. The van der Waals surface area contributed by atoms with Gasteiger partial charge in [-0.15, -0.1) is 16.7 Å². The normalized spacial score (nSPS) is 12.8. The molecule has 0 fully saturated rings. The van der Waals surface area contributed by atoms with Gasteiger partial charge in [-0.25, -0.2) is 4.98 Å². The molecule has 0 saturated heterocycles. The Kier molecular flexibility index (Phi) is 6.06. The summed E-state index contributed by atoms with van der Waals surface area (Å²) in [6, 6.07) is 0. The van der Waals surface area contributed by atoms with Gasteiger partial charge >= 0.3 is 0 Å². The minimum absolute atomic E-state index is 0.478. The molecule has 0 aliphatic heterocycles. The first-order chi connectivity index (χ1) is 7.71. The number of hydrogen-bond acceptors (Lipinski definition) is 4. The van der Waals surface area contributed by atoms with E-state index in [1.54, 1.807) is 11.8 Å². The fraction of sp³-hybridized carbons (Fsp3) is 0.727. The second-order valence-corrected chi connectivity index (χ2v) is 5.06. The molecule has 0 aliphatic carbocycles. The van der Waals surface area contributed by atoms with E-state index in [0.717, 1.165) is 35.1 Å². The van der Waals surface area contributed by atoms with Gasteiger partial charge in [0.1, 0.15) is 0 Å². The number of aromatic nitrogens is 3. The van der Waals surface area contributed by atoms with E-state index in [9.17, 15) is 0 Å². The van der Waals surface area contributed by atoms with Crippen molar-refractivity contribution in [3.8, 4) is 0 Å². The van der Waals surface area contributed by atoms with Crippen molar-refractivity contribution in [3.63, 3.8) is 0 Å². The molecule has 0 aliphatic rings. The average Bonchev–Trinajstić information content (AvgIpc) is 2.35. The van der Waals surface area contributed by atoms with Crippen LogP contribution in [0.1, 0.15) is 32.2 Å². The van der Waals surface area contributed by atoms with E-state index in [1.807, 2.05) is 0 Å². The molecule has 1 unspecified atom stereocenters. The SMILES string of the molecule is CCc1nnc(SCC(C)CCl)nc1CC. The molecule has 3 nitrogen and oxygen atoms in total. The summed E-state index contributed by atoms with van der Waals surface area (Å²) in [5, 5.41) is 9.10. The van der Waals surface area contributed by atoms with Crippen LogP contribution in [0.15, 0.2) is 5.16 Å². The van der Waals surface area contributed by atoms with E-state index < -0.39 is 0 Å². The molecule has 16 heavy (non-hydrogen) atoms. The Balaban J connectivity index is 2.67. The minimum atomic E-state index is 0.478. The predicted molar refractivity (Wildman–Crippen MR) is 69.2 cm³/mol. The highest BCUT2D eigenvalue weighted by Gasteiger charge is 2.08. The van der Waals surface area contributed by atoms with Gasteiger partial charge in [-0.2, -0.15) is 5.10 Å². The summed E-state index contributed by atoms with van der Waals surface area (Å²) in [5.41, 5.74) is 2.08. The van der Waals surface area contributed by atoms with Crippen molar-refractivity contribution in [2.75, 3.05) is 11.6 Å². The summed E-state index contributed by atoms with van der Waals surface area (Å²) in [7, 11) is 0. The van der Waals surface area contributed by atoms with Gasteiger partial charge < -0.3 is 0 Å². The molecule has 0 saturated carbocycles. The molecule has 0 spiro atoms. The molecule has 1 rings (SSSR count). The monoisotopic (exact) mass is 259 g/mol. The van der Waals surface area contributed by atoms with Gasteiger partial charge in [-0.1, -0.05) is 32.5 Å². The zero-order chi connectivity index (χ0) is 12.0. The van der Waals surface area contributed by atoms with Gasteiger partial charge in [-0.05, 0) is 18.8 Å². The van der Waals surface area contributed by atoms with Crippen molar-refractivity contribution in [2.45, 2.75) is 38.8 Å². The first kappa shape index (κ1) is 13.7. The summed E-state index contributed by atoms with van der Waals surface area (Å²) in [5.74, 6) is 2.10. The summed E-state index contributed by atoms with van der Waals surface area (Å²) in [6.45, 7) is 6.29. The largest absolute Gasteiger partial charge is 0.224 e. The highest BCUT2D eigenvalue weighted by atomic mass is 35.5. The van der Waals surface area contributed by atoms with Crippen molar-refractivity contribution < 1.29 is 0 Å². The lowest BCUT2D eigenvalue weighted by atomic mass is 10.2. The number of thioether (sulfide) groups is 1. The Morgan fingerprint density at radius 2 is 1.88 bits per heavy atom. The van der Waals surface area contributed by atoms with Crippen LogP contribution in [0.2, 0.25) is 0 Å². The van der Waals surface area contributed by atoms with Crippen molar-refractivity contribution >= 4 is 23.4 Å². The molecule has 1 heterocycles. The zero-order valence-electron chi connectivity index (χ0n) is 10.0. The third-order valence-electron chi connectivity index (χ3n) is 2.25. The lowest BCUT2D eigenvalue weighted by Gasteiger charge is -2.07. The van der Waals surface area contributed by atoms with Crippen LogP contribution in [0.25, 0.3) is 0 Å². The fourth-order valence-corrected chi connectivity index (χ4v) is 2.31. The molecular weight excluding hydrogens is 242 g/mol. The second-order valence-electron chi connectivity index (χ2n) is 3.77. The molecule has 0 bridgehead atoms. The van der Waals surface area contributed by atoms with Crippen LogP contribution in [0.3, 0.4) is 0 Å². The minimum Gasteiger partial charge on any atom is -0.224 e. The van der Waals surface area contributed by atoms with Crippen LogP contribution < -0.4 is 0 Å². The van der Waals surface area contributed by atoms with E-state index >= 15 is 0 Å². The molecule has 90 valence electrons. The van der Waals surface area contributed by atoms with Gasteiger partial charge in [0.25, 0.3) is 0 Å². The Hall–Kier alpha value is -0.350. The van der Waals surface area contributed by atoms with Crippen molar-refractivity contribution in [3.05, 3.63) is 11.4 Å². The Morgan fingerprint density at radius 1 is 1.19 bits per heavy atom. The number of hydrogen-bond donors (Lipinski definition) is 0. The average molecular weight is 260 g/mol. The molecule has 0 N–H and O–H groups in total. The third-order valence-corrected chi connectivity index (χ3v) is 3.94. The van der Waals surface area contributed by atoms with E-state index in [1.165, 1.54) is 0 Å². The molecule has 1 aromatic heterocycles. The number of aryl methyl sites for hydroxylation is 2. The topological polar surface area (TPSA) is 38.7 Å². The highest BCUT2D eigenvalue weighted by molar-refractivity contribution is 7.99. The lowest BCUT2D eigenvalue weighted by molar-refractivity contribution is 0.730. The standard InChI is InChI=1S/C11H18ClN3S/c1-4-9-10(5-2)14-15-11(13-9)16-7-8(3)6-12/h8H,4-7H2,1-3H3. The Bertz CT molecular complexity index is 333. The molecule has 0 amide bonds. The third kappa shape index (κ3) is 3.91. The Labute approximate surface area is 106 Å². The number of nitrogens with zero attached hydrogens (tertiary/aromatic N) is 3. The predicted octanol–water partition coefficient (Wildman–Crippen LogP) is 2.96. The second kappa shape index (κ2) is 7.07. The van der Waals surface area contributed by atoms with Crippen LogP contribution in [0.5, 0.6) is 0 Å². The van der Waals surface area contributed by atoms with Crippen molar-refractivity contribution in [1.82, 2.24) is 15.2 Å². The van der Waals surface area contributed by atoms with Gasteiger partial charge in [-0.3, -0.25) is 0 Å². The first-order valence-corrected chi connectivity index (χ1v) is 7.14. The molecule has 0 radical (unpaired) electrons. The molecule has 0 aromatic carbocycles. The van der Waals surface area contributed by atoms with E-state index in [-0.39, 0.29) is 0 Å². The zero-order valence-corrected chi connectivity index (χ0v) is 11.6. The molecule has 1 aromatic rings.